The fourth-order valence-corrected chi connectivity index (χ4v) is 3.15. The number of benzene rings is 2. The summed E-state index contributed by atoms with van der Waals surface area (Å²) in [6, 6.07) is 15.0. The number of aliphatic hydroxyl groups excluding tert-OH is 1. The van der Waals surface area contributed by atoms with E-state index in [0.717, 1.165) is 0 Å². The number of amides is 2. The van der Waals surface area contributed by atoms with Gasteiger partial charge in [-0.15, -0.1) is 11.3 Å². The van der Waals surface area contributed by atoms with Crippen molar-refractivity contribution in [2.24, 2.45) is 0 Å². The number of hydrogen-bond acceptors (Lipinski definition) is 4. The van der Waals surface area contributed by atoms with Crippen molar-refractivity contribution in [2.75, 3.05) is 10.6 Å². The van der Waals surface area contributed by atoms with E-state index in [9.17, 15) is 14.7 Å². The molecule has 5 nitrogen and oxygen atoms in total. The Kier molecular flexibility index (Phi) is 5.68. The van der Waals surface area contributed by atoms with Crippen molar-refractivity contribution in [3.8, 4) is 0 Å². The third kappa shape index (κ3) is 4.29. The number of halogens is 1. The molecule has 132 valence electrons. The molecule has 0 aliphatic heterocycles. The predicted octanol–water partition coefficient (Wildman–Crippen LogP) is 4.40. The van der Waals surface area contributed by atoms with Crippen LogP contribution in [0.3, 0.4) is 0 Å². The van der Waals surface area contributed by atoms with Crippen LogP contribution >= 0.6 is 22.9 Å². The fourth-order valence-electron chi connectivity index (χ4n) is 2.36. The second-order valence-corrected chi connectivity index (χ2v) is 6.82. The minimum atomic E-state index is -0.391. The Morgan fingerprint density at radius 2 is 1.85 bits per heavy atom. The molecule has 3 N–H and O–H groups in total. The molecule has 2 amide bonds. The van der Waals surface area contributed by atoms with E-state index in [-0.39, 0.29) is 18.1 Å². The maximum atomic E-state index is 12.6. The number of carbonyl (C=O) groups excluding carboxylic acids is 2. The van der Waals surface area contributed by atoms with Crippen molar-refractivity contribution in [3.63, 3.8) is 0 Å². The molecule has 0 spiro atoms. The van der Waals surface area contributed by atoms with Crippen LogP contribution in [0.15, 0.2) is 60.0 Å². The lowest BCUT2D eigenvalue weighted by molar-refractivity contribution is 0.102. The van der Waals surface area contributed by atoms with E-state index in [1.54, 1.807) is 53.9 Å². The molecule has 0 aliphatic carbocycles. The summed E-state index contributed by atoms with van der Waals surface area (Å²) in [5.41, 5.74) is 1.84. The van der Waals surface area contributed by atoms with Gasteiger partial charge in [0.2, 0.25) is 0 Å². The number of carbonyl (C=O) groups is 2. The molecule has 0 saturated heterocycles. The molecule has 1 heterocycles. The Bertz CT molecular complexity index is 942. The highest BCUT2D eigenvalue weighted by Crippen LogP contribution is 2.24. The minimum Gasteiger partial charge on any atom is -0.392 e. The second kappa shape index (κ2) is 8.14. The first kappa shape index (κ1) is 18.1. The fraction of sp³-hybridized carbons (Fsp3) is 0.0526. The molecule has 1 aromatic heterocycles. The van der Waals surface area contributed by atoms with E-state index in [1.165, 1.54) is 17.4 Å². The van der Waals surface area contributed by atoms with Gasteiger partial charge in [0.25, 0.3) is 11.8 Å². The van der Waals surface area contributed by atoms with Crippen molar-refractivity contribution in [1.82, 2.24) is 0 Å². The summed E-state index contributed by atoms with van der Waals surface area (Å²) in [6.45, 7) is -0.118. The molecule has 0 saturated carbocycles. The van der Waals surface area contributed by atoms with Gasteiger partial charge in [-0.3, -0.25) is 9.59 Å². The van der Waals surface area contributed by atoms with E-state index in [1.807, 2.05) is 0 Å². The monoisotopic (exact) mass is 386 g/mol. The average molecular weight is 387 g/mol. The number of thiophene rings is 1. The van der Waals surface area contributed by atoms with Crippen LogP contribution in [0.2, 0.25) is 5.02 Å². The highest BCUT2D eigenvalue weighted by atomic mass is 35.5. The summed E-state index contributed by atoms with van der Waals surface area (Å²) in [5.74, 6) is -0.697. The summed E-state index contributed by atoms with van der Waals surface area (Å²) < 4.78 is 0. The number of nitrogens with one attached hydrogen (secondary N) is 2. The van der Waals surface area contributed by atoms with Crippen LogP contribution in [0, 0.1) is 0 Å². The minimum absolute atomic E-state index is 0.118. The SMILES string of the molecule is O=C(Nc1cc(Cl)ccc1C(=O)Nc1cccc(CO)c1)c1cccs1. The van der Waals surface area contributed by atoms with Crippen LogP contribution < -0.4 is 10.6 Å². The highest BCUT2D eigenvalue weighted by Gasteiger charge is 2.16. The quantitative estimate of drug-likeness (QED) is 0.608. The Labute approximate surface area is 159 Å². The molecule has 0 aliphatic rings. The van der Waals surface area contributed by atoms with Crippen molar-refractivity contribution in [1.29, 1.82) is 0 Å². The van der Waals surface area contributed by atoms with Crippen molar-refractivity contribution >= 4 is 46.1 Å². The van der Waals surface area contributed by atoms with Gasteiger partial charge < -0.3 is 15.7 Å². The zero-order valence-electron chi connectivity index (χ0n) is 13.5. The topological polar surface area (TPSA) is 78.4 Å². The normalized spacial score (nSPS) is 10.4. The molecular weight excluding hydrogens is 372 g/mol. The van der Waals surface area contributed by atoms with Gasteiger partial charge in [-0.25, -0.2) is 0 Å². The molecular formula is C19H15ClN2O3S. The molecule has 2 aromatic carbocycles. The van der Waals surface area contributed by atoms with E-state index >= 15 is 0 Å². The molecule has 7 heteroatoms. The number of aliphatic hydroxyl groups is 1. The molecule has 0 bridgehead atoms. The molecule has 0 radical (unpaired) electrons. The molecule has 26 heavy (non-hydrogen) atoms. The van der Waals surface area contributed by atoms with Gasteiger partial charge in [0.05, 0.1) is 22.7 Å². The van der Waals surface area contributed by atoms with Crippen LogP contribution in [0.25, 0.3) is 0 Å². The van der Waals surface area contributed by atoms with E-state index < -0.39 is 5.91 Å². The van der Waals surface area contributed by atoms with Gasteiger partial charge in [-0.1, -0.05) is 29.8 Å². The average Bonchev–Trinajstić information content (AvgIpc) is 3.16. The zero-order chi connectivity index (χ0) is 18.5. The molecule has 0 fully saturated rings. The van der Waals surface area contributed by atoms with Gasteiger partial charge in [-0.2, -0.15) is 0 Å². The van der Waals surface area contributed by atoms with E-state index in [2.05, 4.69) is 10.6 Å². The largest absolute Gasteiger partial charge is 0.392 e. The summed E-state index contributed by atoms with van der Waals surface area (Å²) in [6.07, 6.45) is 0. The van der Waals surface area contributed by atoms with Gasteiger partial charge in [0.1, 0.15) is 0 Å². The van der Waals surface area contributed by atoms with Crippen LogP contribution in [0.5, 0.6) is 0 Å². The molecule has 3 rings (SSSR count). The first-order valence-corrected chi connectivity index (χ1v) is 8.98. The Hall–Kier alpha value is -2.67. The molecule has 0 unspecified atom stereocenters. The maximum Gasteiger partial charge on any atom is 0.265 e. The van der Waals surface area contributed by atoms with Gasteiger partial charge in [-0.05, 0) is 47.3 Å². The second-order valence-electron chi connectivity index (χ2n) is 5.43. The van der Waals surface area contributed by atoms with Crippen LogP contribution in [0.4, 0.5) is 11.4 Å². The third-order valence-electron chi connectivity index (χ3n) is 3.59. The van der Waals surface area contributed by atoms with Crippen molar-refractivity contribution in [2.45, 2.75) is 6.61 Å². The standard InChI is InChI=1S/C19H15ClN2O3S/c20-13-6-7-15(16(10-13)22-19(25)17-5-2-8-26-17)18(24)21-14-4-1-3-12(9-14)11-23/h1-10,23H,11H2,(H,21,24)(H,22,25). The predicted molar refractivity (Wildman–Crippen MR) is 104 cm³/mol. The third-order valence-corrected chi connectivity index (χ3v) is 4.69. The Morgan fingerprint density at radius 1 is 1.00 bits per heavy atom. The smallest absolute Gasteiger partial charge is 0.265 e. The summed E-state index contributed by atoms with van der Waals surface area (Å²) in [7, 11) is 0. The van der Waals surface area contributed by atoms with Gasteiger partial charge >= 0.3 is 0 Å². The van der Waals surface area contributed by atoms with Crippen LogP contribution in [0.1, 0.15) is 25.6 Å². The van der Waals surface area contributed by atoms with E-state index in [0.29, 0.717) is 26.8 Å². The summed E-state index contributed by atoms with van der Waals surface area (Å²) in [5, 5.41) is 16.9. The maximum absolute atomic E-state index is 12.6. The Morgan fingerprint density at radius 3 is 2.58 bits per heavy atom. The zero-order valence-corrected chi connectivity index (χ0v) is 15.1. The lowest BCUT2D eigenvalue weighted by Crippen LogP contribution is -2.17. The first-order valence-electron chi connectivity index (χ1n) is 7.72. The summed E-state index contributed by atoms with van der Waals surface area (Å²) in [4.78, 5) is 25.5. The van der Waals surface area contributed by atoms with Crippen molar-refractivity contribution in [3.05, 3.63) is 81.0 Å². The highest BCUT2D eigenvalue weighted by molar-refractivity contribution is 7.12. The van der Waals surface area contributed by atoms with Crippen LogP contribution in [-0.2, 0) is 6.61 Å². The molecule has 0 atom stereocenters. The van der Waals surface area contributed by atoms with Gasteiger partial charge in [0.15, 0.2) is 0 Å². The lowest BCUT2D eigenvalue weighted by atomic mass is 10.1. The number of hydrogen-bond donors (Lipinski definition) is 3. The van der Waals surface area contributed by atoms with Crippen LogP contribution in [-0.4, -0.2) is 16.9 Å². The Balaban J connectivity index is 1.84. The summed E-state index contributed by atoms with van der Waals surface area (Å²) >= 11 is 7.33. The number of rotatable bonds is 5. The van der Waals surface area contributed by atoms with Crippen molar-refractivity contribution < 1.29 is 14.7 Å². The van der Waals surface area contributed by atoms with E-state index in [4.69, 9.17) is 11.6 Å². The first-order chi connectivity index (χ1) is 12.6. The van der Waals surface area contributed by atoms with Gasteiger partial charge in [0, 0.05) is 10.7 Å². The number of anilines is 2. The molecule has 3 aromatic rings. The lowest BCUT2D eigenvalue weighted by Gasteiger charge is -2.12.